The zero-order valence-electron chi connectivity index (χ0n) is 57.2. The fourth-order valence-corrected chi connectivity index (χ4v) is 11.1. The molecule has 0 saturated heterocycles. The van der Waals surface area contributed by atoms with Gasteiger partial charge in [0, 0.05) is 136 Å². The topological polar surface area (TPSA) is 361 Å². The molecule has 95 heavy (non-hydrogen) atoms. The van der Waals surface area contributed by atoms with Gasteiger partial charge in [-0.1, -0.05) is 0 Å². The quantitative estimate of drug-likeness (QED) is 0.0298. The standard InChI is InChI=1S/C67H100N6O22/c1-11-72-45-28-49(29-46-72)50-30-47-73(48-31-50)44-14-12-13-15-51(74)68-64(32-16-52(75)69-65(35-19-55(78)87-2,36-20-56(79)88-3)37-21-57(80)89-4,33-17-53(76)70-66(38-22-58(81)90-5,39-23-59(82)91-6)40-24-60(83)92-7)34-18-54(77)71-67(41-25-61(84)93-8,42-26-62(85)94-9)43-27-63(86)95-10/h28-31,45-48H,11-27,32-44H2,1-10H3,(H2-2,68,69,70,71,74,75,76,77)/p+2. The summed E-state index contributed by atoms with van der Waals surface area (Å²) >= 11 is 0. The van der Waals surface area contributed by atoms with Gasteiger partial charge in [-0.3, -0.25) is 62.3 Å². The van der Waals surface area contributed by atoms with Gasteiger partial charge in [0.15, 0.2) is 24.8 Å². The molecule has 0 aliphatic rings. The smallest absolute Gasteiger partial charge is 0.305 e. The lowest BCUT2D eigenvalue weighted by molar-refractivity contribution is -0.697. The second kappa shape index (κ2) is 44.1. The third kappa shape index (κ3) is 32.4. The molecule has 4 amide bonds. The highest BCUT2D eigenvalue weighted by Crippen LogP contribution is 2.33. The van der Waals surface area contributed by atoms with E-state index in [4.69, 9.17) is 42.6 Å². The Morgan fingerprint density at radius 1 is 0.284 bits per heavy atom. The Balaban J connectivity index is 2.90. The Kier molecular flexibility index (Phi) is 38.3. The van der Waals surface area contributed by atoms with Crippen molar-refractivity contribution in [1.29, 1.82) is 0 Å². The van der Waals surface area contributed by atoms with Gasteiger partial charge in [-0.15, -0.1) is 0 Å². The predicted octanol–water partition coefficient (Wildman–Crippen LogP) is 4.85. The normalized spacial score (nSPS) is 11.4. The molecule has 0 aliphatic carbocycles. The second-order valence-electron chi connectivity index (χ2n) is 23.6. The Hall–Kier alpha value is -8.59. The largest absolute Gasteiger partial charge is 0.469 e. The van der Waals surface area contributed by atoms with Gasteiger partial charge in [0.2, 0.25) is 23.6 Å². The number of esters is 9. The third-order valence-corrected chi connectivity index (χ3v) is 17.2. The average Bonchev–Trinajstić information content (AvgIpc) is 0.969. The second-order valence-corrected chi connectivity index (χ2v) is 23.6. The number of hydrogen-bond donors (Lipinski definition) is 4. The minimum atomic E-state index is -1.66. The third-order valence-electron chi connectivity index (χ3n) is 17.2. The number of carbonyl (C=O) groups is 13. The van der Waals surface area contributed by atoms with Crippen molar-refractivity contribution in [3.05, 3.63) is 49.1 Å². The molecule has 0 bridgehead atoms. The summed E-state index contributed by atoms with van der Waals surface area (Å²) in [6.07, 6.45) is 3.86. The van der Waals surface area contributed by atoms with E-state index in [1.54, 1.807) is 0 Å². The molecule has 28 heteroatoms. The highest BCUT2D eigenvalue weighted by molar-refractivity contribution is 5.82. The van der Waals surface area contributed by atoms with E-state index in [0.29, 0.717) is 25.8 Å². The van der Waals surface area contributed by atoms with Crippen LogP contribution in [-0.4, -0.2) is 163 Å². The molecule has 0 aromatic carbocycles. The van der Waals surface area contributed by atoms with Gasteiger partial charge in [-0.25, -0.2) is 9.13 Å². The highest BCUT2D eigenvalue weighted by atomic mass is 16.5. The number of amides is 4. The molecular formula is C67H102N6O22+2. The summed E-state index contributed by atoms with van der Waals surface area (Å²) in [6.45, 7) is 3.53. The lowest BCUT2D eigenvalue weighted by Crippen LogP contribution is -2.54. The highest BCUT2D eigenvalue weighted by Gasteiger charge is 2.41. The van der Waals surface area contributed by atoms with Crippen molar-refractivity contribution >= 4 is 77.4 Å². The maximum Gasteiger partial charge on any atom is 0.305 e. The lowest BCUT2D eigenvalue weighted by Gasteiger charge is -2.39. The van der Waals surface area contributed by atoms with Crippen LogP contribution < -0.4 is 30.4 Å². The van der Waals surface area contributed by atoms with Crippen LogP contribution in [0.3, 0.4) is 0 Å². The zero-order valence-corrected chi connectivity index (χ0v) is 57.2. The molecule has 2 aromatic rings. The number of pyridine rings is 2. The summed E-state index contributed by atoms with van der Waals surface area (Å²) in [5.41, 5.74) is -3.89. The minimum Gasteiger partial charge on any atom is -0.469 e. The maximum absolute atomic E-state index is 14.8. The first-order chi connectivity index (χ1) is 45.3. The van der Waals surface area contributed by atoms with Gasteiger partial charge in [-0.2, -0.15) is 0 Å². The van der Waals surface area contributed by atoms with E-state index in [9.17, 15) is 62.3 Å². The molecule has 0 unspecified atom stereocenters. The molecule has 0 aliphatic heterocycles. The fourth-order valence-electron chi connectivity index (χ4n) is 11.1. The van der Waals surface area contributed by atoms with E-state index in [-0.39, 0.29) is 141 Å². The van der Waals surface area contributed by atoms with Crippen LogP contribution in [-0.2, 0) is 118 Å². The lowest BCUT2D eigenvalue weighted by atomic mass is 9.80. The Morgan fingerprint density at radius 2 is 0.484 bits per heavy atom. The first kappa shape index (κ1) is 82.5. The van der Waals surface area contributed by atoms with Crippen molar-refractivity contribution in [3.63, 3.8) is 0 Å². The number of rotatable bonds is 48. The van der Waals surface area contributed by atoms with Crippen LogP contribution >= 0.6 is 0 Å². The number of aromatic nitrogens is 2. The summed E-state index contributed by atoms with van der Waals surface area (Å²) < 4.78 is 48.4. The molecule has 530 valence electrons. The van der Waals surface area contributed by atoms with E-state index >= 15 is 0 Å². The van der Waals surface area contributed by atoms with Gasteiger partial charge in [0.25, 0.3) is 0 Å². The first-order valence-electron chi connectivity index (χ1n) is 32.1. The van der Waals surface area contributed by atoms with Crippen LogP contribution in [0, 0.1) is 0 Å². The van der Waals surface area contributed by atoms with Gasteiger partial charge in [-0.05, 0) is 108 Å². The van der Waals surface area contributed by atoms with Crippen LogP contribution in [0.4, 0.5) is 0 Å². The molecule has 2 aromatic heterocycles. The molecule has 2 heterocycles. The summed E-state index contributed by atoms with van der Waals surface area (Å²) in [7, 11) is 10.6. The van der Waals surface area contributed by atoms with E-state index in [1.165, 1.54) is 64.0 Å². The van der Waals surface area contributed by atoms with Gasteiger partial charge in [0.05, 0.1) is 64.0 Å². The Labute approximate surface area is 556 Å². The monoisotopic (exact) mass is 1340 g/mol. The average molecular weight is 1340 g/mol. The van der Waals surface area contributed by atoms with Crippen molar-refractivity contribution in [2.24, 2.45) is 0 Å². The van der Waals surface area contributed by atoms with Crippen molar-refractivity contribution in [3.8, 4) is 11.1 Å². The number of nitrogens with one attached hydrogen (secondary N) is 4. The van der Waals surface area contributed by atoms with Crippen LogP contribution in [0.5, 0.6) is 0 Å². The summed E-state index contributed by atoms with van der Waals surface area (Å²) in [5, 5.41) is 12.0. The Bertz CT molecular complexity index is 2470. The summed E-state index contributed by atoms with van der Waals surface area (Å²) in [4.78, 5) is 173. The van der Waals surface area contributed by atoms with E-state index in [2.05, 4.69) is 32.8 Å². The number of ether oxygens (including phenoxy) is 9. The number of unbranched alkanes of at least 4 members (excludes halogenated alkanes) is 2. The number of hydrogen-bond acceptors (Lipinski definition) is 22. The van der Waals surface area contributed by atoms with Crippen molar-refractivity contribution in [2.45, 2.75) is 222 Å². The predicted molar refractivity (Wildman–Crippen MR) is 339 cm³/mol. The molecule has 28 nitrogen and oxygen atoms in total. The molecular weight excluding hydrogens is 1240 g/mol. The zero-order chi connectivity index (χ0) is 70.9. The van der Waals surface area contributed by atoms with Gasteiger partial charge >= 0.3 is 53.7 Å². The van der Waals surface area contributed by atoms with Gasteiger partial charge < -0.3 is 63.9 Å². The molecule has 0 radical (unpaired) electrons. The number of aryl methyl sites for hydroxylation is 2. The van der Waals surface area contributed by atoms with Gasteiger partial charge in [0.1, 0.15) is 13.1 Å². The molecule has 0 saturated carbocycles. The molecule has 0 spiro atoms. The van der Waals surface area contributed by atoms with E-state index < -0.39 is 119 Å². The van der Waals surface area contributed by atoms with E-state index in [0.717, 1.165) is 17.7 Å². The first-order valence-corrected chi connectivity index (χ1v) is 32.1. The van der Waals surface area contributed by atoms with Crippen LogP contribution in [0.1, 0.15) is 187 Å². The number of carbonyl (C=O) groups excluding carboxylic acids is 13. The SMILES string of the molecule is CC[n+]1ccc(-c2cc[n+](CCCCCC(=O)NC(CCC(=O)NC(CCC(=O)OC)(CCC(=O)OC)CCC(=O)OC)(CCC(=O)NC(CCC(=O)OC)(CCC(=O)OC)CCC(=O)OC)CCC(=O)NC(CCC(=O)OC)(CCC(=O)OC)CCC(=O)OC)cc2)cc1. The number of methoxy groups -OCH3 is 9. The summed E-state index contributed by atoms with van der Waals surface area (Å²) in [6, 6.07) is 8.13. The minimum absolute atomic E-state index is 0.0607. The summed E-state index contributed by atoms with van der Waals surface area (Å²) in [5.74, 6) is -8.54. The van der Waals surface area contributed by atoms with Crippen LogP contribution in [0.2, 0.25) is 0 Å². The molecule has 0 atom stereocenters. The Morgan fingerprint density at radius 3 is 0.695 bits per heavy atom. The number of nitrogens with zero attached hydrogens (tertiary/aromatic N) is 2. The maximum atomic E-state index is 14.8. The van der Waals surface area contributed by atoms with Crippen molar-refractivity contribution in [2.75, 3.05) is 64.0 Å². The van der Waals surface area contributed by atoms with Crippen molar-refractivity contribution in [1.82, 2.24) is 21.3 Å². The molecule has 2 rings (SSSR count). The van der Waals surface area contributed by atoms with Crippen molar-refractivity contribution < 1.29 is 114 Å². The molecule has 0 fully saturated rings. The van der Waals surface area contributed by atoms with E-state index in [1.807, 2.05) is 53.6 Å². The van der Waals surface area contributed by atoms with Crippen LogP contribution in [0.15, 0.2) is 49.1 Å². The van der Waals surface area contributed by atoms with Crippen LogP contribution in [0.25, 0.3) is 11.1 Å². The molecule has 4 N–H and O–H groups in total. The fraction of sp³-hybridized carbons (Fsp3) is 0.657.